The maximum Gasteiger partial charge on any atom is 0.131 e. The largest absolute Gasteiger partial charge is 0.240 e. The highest BCUT2D eigenvalue weighted by Crippen LogP contribution is 2.34. The molecule has 2 aromatic rings. The summed E-state index contributed by atoms with van der Waals surface area (Å²) in [6, 6.07) is 11.2. The lowest BCUT2D eigenvalue weighted by molar-refractivity contribution is 0.372. The first-order chi connectivity index (χ1) is 12.3. The molecular formula is C22H27N3. The number of aryl methyl sites for hydroxylation is 1. The highest BCUT2D eigenvalue weighted by atomic mass is 14.9. The van der Waals surface area contributed by atoms with Crippen LogP contribution < -0.4 is 0 Å². The van der Waals surface area contributed by atoms with E-state index >= 15 is 0 Å². The van der Waals surface area contributed by atoms with Crippen molar-refractivity contribution < 1.29 is 0 Å². The predicted octanol–water partition coefficient (Wildman–Crippen LogP) is 5.67. The fraction of sp³-hybridized carbons (Fsp3) is 0.500. The summed E-state index contributed by atoms with van der Waals surface area (Å²) in [5.41, 5.74) is 3.66. The van der Waals surface area contributed by atoms with Crippen LogP contribution in [0.5, 0.6) is 0 Å². The molecule has 1 fully saturated rings. The Bertz CT molecular complexity index is 690. The molecule has 25 heavy (non-hydrogen) atoms. The lowest BCUT2D eigenvalue weighted by Crippen LogP contribution is -2.14. The lowest BCUT2D eigenvalue weighted by atomic mass is 9.82. The van der Waals surface area contributed by atoms with E-state index < -0.39 is 0 Å². The highest BCUT2D eigenvalue weighted by Gasteiger charge is 2.23. The molecule has 3 heteroatoms. The van der Waals surface area contributed by atoms with Crippen molar-refractivity contribution in [3.8, 4) is 17.2 Å². The quantitative estimate of drug-likeness (QED) is 0.640. The van der Waals surface area contributed by atoms with E-state index in [0.29, 0.717) is 5.92 Å². The van der Waals surface area contributed by atoms with Crippen molar-refractivity contribution in [3.05, 3.63) is 48.0 Å². The van der Waals surface area contributed by atoms with E-state index in [1.807, 2.05) is 12.4 Å². The minimum atomic E-state index is 0.228. The molecule has 0 spiro atoms. The van der Waals surface area contributed by atoms with Gasteiger partial charge in [0.05, 0.1) is 6.07 Å². The topological polar surface area (TPSA) is 49.6 Å². The van der Waals surface area contributed by atoms with Crippen LogP contribution in [0.3, 0.4) is 0 Å². The van der Waals surface area contributed by atoms with Gasteiger partial charge >= 0.3 is 0 Å². The molecule has 3 nitrogen and oxygen atoms in total. The molecule has 0 N–H and O–H groups in total. The Morgan fingerprint density at radius 1 is 0.960 bits per heavy atom. The number of hydrogen-bond acceptors (Lipinski definition) is 3. The van der Waals surface area contributed by atoms with Gasteiger partial charge < -0.3 is 0 Å². The smallest absolute Gasteiger partial charge is 0.131 e. The van der Waals surface area contributed by atoms with Crippen molar-refractivity contribution in [1.82, 2.24) is 9.97 Å². The van der Waals surface area contributed by atoms with Gasteiger partial charge in [0.2, 0.25) is 0 Å². The second kappa shape index (κ2) is 8.76. The summed E-state index contributed by atoms with van der Waals surface area (Å²) in [6.45, 7) is 2.24. The third-order valence-corrected chi connectivity index (χ3v) is 5.30. The van der Waals surface area contributed by atoms with E-state index in [9.17, 15) is 0 Å². The number of hydrogen-bond donors (Lipinski definition) is 0. The normalized spacial score (nSPS) is 20.2. The molecule has 1 aliphatic carbocycles. The fourth-order valence-corrected chi connectivity index (χ4v) is 3.62. The monoisotopic (exact) mass is 333 g/mol. The zero-order valence-electron chi connectivity index (χ0n) is 15.1. The minimum absolute atomic E-state index is 0.228. The van der Waals surface area contributed by atoms with Crippen LogP contribution in [0.4, 0.5) is 0 Å². The van der Waals surface area contributed by atoms with E-state index in [-0.39, 0.29) is 5.92 Å². The number of rotatable bonds is 6. The molecule has 0 amide bonds. The van der Waals surface area contributed by atoms with Crippen LogP contribution in [0.25, 0.3) is 11.1 Å². The number of nitrogens with zero attached hydrogens (tertiary/aromatic N) is 3. The highest BCUT2D eigenvalue weighted by molar-refractivity contribution is 5.61. The lowest BCUT2D eigenvalue weighted by Gasteiger charge is -2.23. The summed E-state index contributed by atoms with van der Waals surface area (Å²) in [7, 11) is 0. The SMILES string of the molecule is CCCCCc1ccc(-c2cnc([C@H]3CC[C@H](C#N)CC3)nc2)cc1. The standard InChI is InChI=1S/C22H27N3/c1-2-3-4-5-17-6-10-19(11-7-17)21-15-24-22(25-16-21)20-12-8-18(14-23)9-13-20/h6-7,10-11,15-16,18,20H,2-5,8-9,12-13H2,1H3/t18-,20-. The van der Waals surface area contributed by atoms with Crippen LogP contribution in [-0.2, 0) is 6.42 Å². The summed E-state index contributed by atoms with van der Waals surface area (Å²) in [5.74, 6) is 1.59. The molecule has 1 aromatic heterocycles. The van der Waals surface area contributed by atoms with Gasteiger partial charge in [-0.3, -0.25) is 0 Å². The van der Waals surface area contributed by atoms with E-state index in [2.05, 4.69) is 47.2 Å². The summed E-state index contributed by atoms with van der Waals surface area (Å²) in [6.07, 6.45) is 12.9. The second-order valence-electron chi connectivity index (χ2n) is 7.16. The molecule has 1 aliphatic rings. The van der Waals surface area contributed by atoms with Crippen molar-refractivity contribution in [2.45, 2.75) is 64.2 Å². The van der Waals surface area contributed by atoms with Crippen LogP contribution in [0.1, 0.15) is 69.2 Å². The molecule has 1 saturated carbocycles. The zero-order valence-corrected chi connectivity index (χ0v) is 15.1. The molecule has 0 radical (unpaired) electrons. The van der Waals surface area contributed by atoms with Crippen molar-refractivity contribution >= 4 is 0 Å². The molecule has 130 valence electrons. The third kappa shape index (κ3) is 4.66. The van der Waals surface area contributed by atoms with Crippen LogP contribution in [0, 0.1) is 17.2 Å². The Kier molecular flexibility index (Phi) is 6.17. The summed E-state index contributed by atoms with van der Waals surface area (Å²) < 4.78 is 0. The van der Waals surface area contributed by atoms with Gasteiger partial charge in [0, 0.05) is 29.8 Å². The zero-order chi connectivity index (χ0) is 17.5. The molecule has 1 heterocycles. The van der Waals surface area contributed by atoms with Crippen LogP contribution in [-0.4, -0.2) is 9.97 Å². The average molecular weight is 333 g/mol. The van der Waals surface area contributed by atoms with Gasteiger partial charge in [-0.25, -0.2) is 9.97 Å². The minimum Gasteiger partial charge on any atom is -0.240 e. The maximum atomic E-state index is 9.01. The molecule has 0 aliphatic heterocycles. The van der Waals surface area contributed by atoms with Crippen LogP contribution >= 0.6 is 0 Å². The first kappa shape index (κ1) is 17.6. The van der Waals surface area contributed by atoms with E-state index in [4.69, 9.17) is 5.26 Å². The van der Waals surface area contributed by atoms with E-state index in [1.54, 1.807) is 0 Å². The van der Waals surface area contributed by atoms with Gasteiger partial charge in [0.1, 0.15) is 5.82 Å². The number of unbranched alkanes of at least 4 members (excludes halogenated alkanes) is 2. The first-order valence-corrected chi connectivity index (χ1v) is 9.61. The van der Waals surface area contributed by atoms with Gasteiger partial charge in [-0.15, -0.1) is 0 Å². The number of nitriles is 1. The molecule has 3 rings (SSSR count). The maximum absolute atomic E-state index is 9.01. The van der Waals surface area contributed by atoms with Crippen LogP contribution in [0.2, 0.25) is 0 Å². The van der Waals surface area contributed by atoms with Gasteiger partial charge in [0.25, 0.3) is 0 Å². The second-order valence-corrected chi connectivity index (χ2v) is 7.16. The molecule has 0 bridgehead atoms. The molecular weight excluding hydrogens is 306 g/mol. The van der Waals surface area contributed by atoms with Crippen LogP contribution in [0.15, 0.2) is 36.7 Å². The molecule has 0 saturated heterocycles. The number of benzene rings is 1. The van der Waals surface area contributed by atoms with Crippen molar-refractivity contribution in [3.63, 3.8) is 0 Å². The Morgan fingerprint density at radius 3 is 2.24 bits per heavy atom. The number of aromatic nitrogens is 2. The van der Waals surface area contributed by atoms with Crippen molar-refractivity contribution in [2.24, 2.45) is 5.92 Å². The van der Waals surface area contributed by atoms with Gasteiger partial charge in [-0.1, -0.05) is 44.0 Å². The van der Waals surface area contributed by atoms with E-state index in [0.717, 1.165) is 43.5 Å². The summed E-state index contributed by atoms with van der Waals surface area (Å²) in [5, 5.41) is 9.01. The van der Waals surface area contributed by atoms with Gasteiger partial charge in [0.15, 0.2) is 0 Å². The summed E-state index contributed by atoms with van der Waals surface area (Å²) in [4.78, 5) is 9.24. The first-order valence-electron chi connectivity index (χ1n) is 9.61. The molecule has 0 unspecified atom stereocenters. The Labute approximate surface area is 151 Å². The van der Waals surface area contributed by atoms with Gasteiger partial charge in [-0.05, 0) is 49.7 Å². The van der Waals surface area contributed by atoms with Gasteiger partial charge in [-0.2, -0.15) is 5.26 Å². The molecule has 1 aromatic carbocycles. The Morgan fingerprint density at radius 2 is 1.64 bits per heavy atom. The summed E-state index contributed by atoms with van der Waals surface area (Å²) >= 11 is 0. The Balaban J connectivity index is 1.61. The van der Waals surface area contributed by atoms with Crippen molar-refractivity contribution in [1.29, 1.82) is 5.26 Å². The third-order valence-electron chi connectivity index (χ3n) is 5.30. The predicted molar refractivity (Wildman–Crippen MR) is 101 cm³/mol. The van der Waals surface area contributed by atoms with E-state index in [1.165, 1.54) is 30.4 Å². The Hall–Kier alpha value is -2.21. The average Bonchev–Trinajstić information content (AvgIpc) is 2.69. The fourth-order valence-electron chi connectivity index (χ4n) is 3.62. The molecule has 0 atom stereocenters. The van der Waals surface area contributed by atoms with Crippen molar-refractivity contribution in [2.75, 3.05) is 0 Å².